The molecule has 0 radical (unpaired) electrons. The van der Waals surface area contributed by atoms with Crippen molar-refractivity contribution in [2.24, 2.45) is 16.9 Å². The van der Waals surface area contributed by atoms with Gasteiger partial charge in [-0.2, -0.15) is 0 Å². The van der Waals surface area contributed by atoms with E-state index in [0.29, 0.717) is 18.3 Å². The van der Waals surface area contributed by atoms with Crippen LogP contribution in [0.25, 0.3) is 0 Å². The molecule has 0 bridgehead atoms. The molecule has 0 aliphatic rings. The molecular formula is C12H28N2O2. The van der Waals surface area contributed by atoms with Crippen molar-refractivity contribution in [2.45, 2.75) is 60.8 Å². The zero-order valence-electron chi connectivity index (χ0n) is 11.6. The molecule has 0 rings (SSSR count). The molecule has 0 saturated carbocycles. The first kappa shape index (κ1) is 20.4. The molecule has 0 atom stereocenters. The predicted octanol–water partition coefficient (Wildman–Crippen LogP) is 2.21. The van der Waals surface area contributed by atoms with Gasteiger partial charge in [0.2, 0.25) is 11.8 Å². The minimum absolute atomic E-state index is 0.211. The second-order valence-corrected chi connectivity index (χ2v) is 5.04. The Morgan fingerprint density at radius 1 is 0.938 bits per heavy atom. The molecule has 2 amide bonds. The van der Waals surface area contributed by atoms with Gasteiger partial charge < -0.3 is 11.5 Å². The Balaban J connectivity index is -0.000000160. The number of primary amides is 2. The van der Waals surface area contributed by atoms with Gasteiger partial charge in [-0.3, -0.25) is 9.59 Å². The van der Waals surface area contributed by atoms with Crippen LogP contribution in [0.4, 0.5) is 0 Å². The van der Waals surface area contributed by atoms with Crippen molar-refractivity contribution < 1.29 is 9.59 Å². The maximum atomic E-state index is 9.82. The molecule has 0 saturated heterocycles. The van der Waals surface area contributed by atoms with Crippen molar-refractivity contribution in [1.29, 1.82) is 0 Å². The molecular weight excluding hydrogens is 204 g/mol. The number of hydrogen-bond acceptors (Lipinski definition) is 2. The van der Waals surface area contributed by atoms with Gasteiger partial charge in [-0.05, 0) is 11.8 Å². The van der Waals surface area contributed by atoms with E-state index in [-0.39, 0.29) is 11.8 Å². The van der Waals surface area contributed by atoms with E-state index >= 15 is 0 Å². The average molecular weight is 232 g/mol. The highest BCUT2D eigenvalue weighted by Crippen LogP contribution is 2.08. The molecule has 0 aromatic carbocycles. The quantitative estimate of drug-likeness (QED) is 0.781. The first-order valence-electron chi connectivity index (χ1n) is 5.61. The van der Waals surface area contributed by atoms with E-state index in [1.165, 1.54) is 0 Å². The molecule has 0 spiro atoms. The summed E-state index contributed by atoms with van der Waals surface area (Å²) in [6.45, 7) is 12.4. The third-order valence-electron chi connectivity index (χ3n) is 0.845. The van der Waals surface area contributed by atoms with E-state index in [9.17, 15) is 9.59 Å². The Bertz CT molecular complexity index is 178. The highest BCUT2D eigenvalue weighted by atomic mass is 16.1. The van der Waals surface area contributed by atoms with Gasteiger partial charge >= 0.3 is 0 Å². The van der Waals surface area contributed by atoms with Gasteiger partial charge in [0, 0.05) is 12.8 Å². The van der Waals surface area contributed by atoms with Crippen molar-refractivity contribution >= 4 is 11.8 Å². The molecule has 0 aliphatic carbocycles. The summed E-state index contributed by atoms with van der Waals surface area (Å²) in [5.74, 6) is -0.456. The summed E-state index contributed by atoms with van der Waals surface area (Å²) in [5, 5.41) is 0. The first-order chi connectivity index (χ1) is 7.04. The van der Waals surface area contributed by atoms with E-state index in [4.69, 9.17) is 5.73 Å². The summed E-state index contributed by atoms with van der Waals surface area (Å²) in [5.41, 5.74) is 9.92. The minimum Gasteiger partial charge on any atom is -0.370 e. The summed E-state index contributed by atoms with van der Waals surface area (Å²) in [4.78, 5) is 19.4. The Labute approximate surface area is 99.8 Å². The van der Waals surface area contributed by atoms with Crippen molar-refractivity contribution in [3.05, 3.63) is 0 Å². The van der Waals surface area contributed by atoms with E-state index in [0.717, 1.165) is 6.42 Å². The molecule has 0 aliphatic heterocycles. The van der Waals surface area contributed by atoms with Crippen molar-refractivity contribution in [3.8, 4) is 0 Å². The molecule has 0 aromatic heterocycles. The largest absolute Gasteiger partial charge is 0.370 e. The molecule has 16 heavy (non-hydrogen) atoms. The molecule has 0 heterocycles. The lowest BCUT2D eigenvalue weighted by Gasteiger charge is -2.05. The fourth-order valence-electron chi connectivity index (χ4n) is 0.246. The molecule has 98 valence electrons. The number of rotatable bonds is 3. The Hall–Kier alpha value is -1.06. The maximum Gasteiger partial charge on any atom is 0.217 e. The Kier molecular flexibility index (Phi) is 15.3. The molecule has 0 unspecified atom stereocenters. The van der Waals surface area contributed by atoms with E-state index in [2.05, 4.69) is 33.4 Å². The number of carbonyl (C=O) groups excluding carboxylic acids is 2. The van der Waals surface area contributed by atoms with Crippen LogP contribution in [0.2, 0.25) is 0 Å². The standard InChI is InChI=1S/C5H12.C4H9NO.C3H7NO/c1-5(2,3)4;1-2-3-4(5)6;1-2-3(4)5/h1-4H3;2-3H2,1H3,(H2,5,6);2H2,1H3,(H2,4,5). The monoisotopic (exact) mass is 232 g/mol. The molecule has 0 aromatic rings. The highest BCUT2D eigenvalue weighted by Gasteiger charge is 1.95. The van der Waals surface area contributed by atoms with Crippen molar-refractivity contribution in [1.82, 2.24) is 0 Å². The lowest BCUT2D eigenvalue weighted by atomic mass is 10.0. The van der Waals surface area contributed by atoms with Gasteiger partial charge in [-0.15, -0.1) is 0 Å². The SMILES string of the molecule is CC(C)(C)C.CCC(N)=O.CCCC(N)=O. The number of nitrogens with two attached hydrogens (primary N) is 2. The fraction of sp³-hybridized carbons (Fsp3) is 0.833. The number of carbonyl (C=O) groups is 2. The van der Waals surface area contributed by atoms with Crippen LogP contribution >= 0.6 is 0 Å². The van der Waals surface area contributed by atoms with Crippen LogP contribution in [0.15, 0.2) is 0 Å². The predicted molar refractivity (Wildman–Crippen MR) is 68.7 cm³/mol. The van der Waals surface area contributed by atoms with E-state index < -0.39 is 0 Å². The summed E-state index contributed by atoms with van der Waals surface area (Å²) in [7, 11) is 0. The second-order valence-electron chi connectivity index (χ2n) is 5.04. The van der Waals surface area contributed by atoms with Crippen molar-refractivity contribution in [2.75, 3.05) is 0 Å². The molecule has 4 N–H and O–H groups in total. The zero-order valence-corrected chi connectivity index (χ0v) is 11.6. The first-order valence-corrected chi connectivity index (χ1v) is 5.61. The van der Waals surface area contributed by atoms with Crippen molar-refractivity contribution in [3.63, 3.8) is 0 Å². The highest BCUT2D eigenvalue weighted by molar-refractivity contribution is 5.73. The van der Waals surface area contributed by atoms with Gasteiger partial charge in [-0.25, -0.2) is 0 Å². The third-order valence-corrected chi connectivity index (χ3v) is 0.845. The van der Waals surface area contributed by atoms with Gasteiger partial charge in [0.05, 0.1) is 0 Å². The van der Waals surface area contributed by atoms with Crippen LogP contribution < -0.4 is 11.5 Å². The number of hydrogen-bond donors (Lipinski definition) is 2. The lowest BCUT2D eigenvalue weighted by Crippen LogP contribution is -2.08. The summed E-state index contributed by atoms with van der Waals surface area (Å²) >= 11 is 0. The zero-order chi connectivity index (χ0) is 13.8. The summed E-state index contributed by atoms with van der Waals surface area (Å²) in [6, 6.07) is 0. The van der Waals surface area contributed by atoms with Crippen LogP contribution in [0, 0.1) is 5.41 Å². The topological polar surface area (TPSA) is 86.2 Å². The van der Waals surface area contributed by atoms with Gasteiger partial charge in [0.25, 0.3) is 0 Å². The second kappa shape index (κ2) is 12.0. The third kappa shape index (κ3) is 119. The van der Waals surface area contributed by atoms with Crippen LogP contribution in [-0.4, -0.2) is 11.8 Å². The van der Waals surface area contributed by atoms with Gasteiger partial charge in [0.1, 0.15) is 0 Å². The Morgan fingerprint density at radius 2 is 1.19 bits per heavy atom. The van der Waals surface area contributed by atoms with Crippen LogP contribution in [0.5, 0.6) is 0 Å². The molecule has 4 heteroatoms. The molecule has 0 fully saturated rings. The maximum absolute atomic E-state index is 9.82. The molecule has 4 nitrogen and oxygen atoms in total. The Morgan fingerprint density at radius 3 is 1.19 bits per heavy atom. The number of amides is 2. The van der Waals surface area contributed by atoms with E-state index in [1.807, 2.05) is 6.92 Å². The van der Waals surface area contributed by atoms with Crippen LogP contribution in [0.1, 0.15) is 60.8 Å². The average Bonchev–Trinajstić information content (AvgIpc) is 2.01. The van der Waals surface area contributed by atoms with Crippen LogP contribution in [0.3, 0.4) is 0 Å². The summed E-state index contributed by atoms with van der Waals surface area (Å²) < 4.78 is 0. The fourth-order valence-corrected chi connectivity index (χ4v) is 0.246. The van der Waals surface area contributed by atoms with E-state index in [1.54, 1.807) is 6.92 Å². The van der Waals surface area contributed by atoms with Crippen LogP contribution in [-0.2, 0) is 9.59 Å². The van der Waals surface area contributed by atoms with Gasteiger partial charge in [-0.1, -0.05) is 41.5 Å². The summed E-state index contributed by atoms with van der Waals surface area (Å²) in [6.07, 6.45) is 1.81. The minimum atomic E-state index is -0.245. The lowest BCUT2D eigenvalue weighted by molar-refractivity contribution is -0.118. The van der Waals surface area contributed by atoms with Gasteiger partial charge in [0.15, 0.2) is 0 Å². The smallest absolute Gasteiger partial charge is 0.217 e. The normalized spacial score (nSPS) is 9.12.